The number of aliphatic hydroxyl groups excluding tert-OH is 1. The molecule has 5 aromatic rings. The van der Waals surface area contributed by atoms with Crippen molar-refractivity contribution < 1.29 is 28.8 Å². The smallest absolute Gasteiger partial charge is 0.411 e. The van der Waals surface area contributed by atoms with Gasteiger partial charge in [0.25, 0.3) is 0 Å². The van der Waals surface area contributed by atoms with E-state index in [2.05, 4.69) is 5.32 Å². The highest BCUT2D eigenvalue weighted by Crippen LogP contribution is 2.42. The number of amides is 1. The number of hydrogen-bond donors (Lipinski definition) is 2. The van der Waals surface area contributed by atoms with Gasteiger partial charge in [0.05, 0.1) is 26.9 Å². The molecule has 0 aromatic heterocycles. The first-order valence-corrected chi connectivity index (χ1v) is 14.8. The van der Waals surface area contributed by atoms with E-state index in [1.54, 1.807) is 38.5 Å². The fourth-order valence-electron chi connectivity index (χ4n) is 5.23. The van der Waals surface area contributed by atoms with Crippen LogP contribution in [0.3, 0.4) is 0 Å². The van der Waals surface area contributed by atoms with Gasteiger partial charge in [-0.2, -0.15) is 0 Å². The van der Waals surface area contributed by atoms with Gasteiger partial charge in [0.2, 0.25) is 0 Å². The molecular weight excluding hydrogens is 566 g/mol. The van der Waals surface area contributed by atoms with Crippen molar-refractivity contribution in [2.75, 3.05) is 26.1 Å². The summed E-state index contributed by atoms with van der Waals surface area (Å²) in [6.45, 7) is 0.431. The molecule has 1 atom stereocenters. The molecule has 45 heavy (non-hydrogen) atoms. The van der Waals surface area contributed by atoms with E-state index in [1.165, 1.54) is 0 Å². The van der Waals surface area contributed by atoms with Crippen molar-refractivity contribution >= 4 is 11.8 Å². The fourth-order valence-corrected chi connectivity index (χ4v) is 5.23. The van der Waals surface area contributed by atoms with Crippen molar-refractivity contribution in [1.29, 1.82) is 0 Å². The van der Waals surface area contributed by atoms with Crippen LogP contribution in [0.1, 0.15) is 40.3 Å². The predicted molar refractivity (Wildman–Crippen MR) is 175 cm³/mol. The van der Waals surface area contributed by atoms with E-state index in [4.69, 9.17) is 18.9 Å². The summed E-state index contributed by atoms with van der Waals surface area (Å²) in [6.07, 6.45) is -0.994. The molecule has 7 heteroatoms. The first kappa shape index (κ1) is 31.3. The molecule has 1 amide bonds. The second-order valence-corrected chi connectivity index (χ2v) is 10.5. The zero-order valence-electron chi connectivity index (χ0n) is 25.4. The fraction of sp³-hybridized carbons (Fsp3) is 0.184. The molecule has 0 saturated heterocycles. The van der Waals surface area contributed by atoms with Gasteiger partial charge in [0, 0.05) is 12.1 Å². The van der Waals surface area contributed by atoms with Crippen LogP contribution in [0.4, 0.5) is 10.5 Å². The highest BCUT2D eigenvalue weighted by Gasteiger charge is 2.38. The zero-order valence-corrected chi connectivity index (χ0v) is 25.4. The van der Waals surface area contributed by atoms with Crippen molar-refractivity contribution in [3.63, 3.8) is 0 Å². The normalized spacial score (nSPS) is 11.8. The number of rotatable bonds is 13. The van der Waals surface area contributed by atoms with Crippen LogP contribution in [0.5, 0.6) is 11.5 Å². The van der Waals surface area contributed by atoms with Gasteiger partial charge in [-0.1, -0.05) is 97.1 Å². The van der Waals surface area contributed by atoms with Crippen LogP contribution in [-0.2, 0) is 21.7 Å². The van der Waals surface area contributed by atoms with Crippen molar-refractivity contribution in [3.05, 3.63) is 161 Å². The highest BCUT2D eigenvalue weighted by molar-refractivity contribution is 5.84. The first-order chi connectivity index (χ1) is 22.0. The van der Waals surface area contributed by atoms with Gasteiger partial charge in [0.1, 0.15) is 23.7 Å². The first-order valence-electron chi connectivity index (χ1n) is 14.8. The predicted octanol–water partition coefficient (Wildman–Crippen LogP) is 7.88. The van der Waals surface area contributed by atoms with Crippen LogP contribution in [0, 0.1) is 0 Å². The van der Waals surface area contributed by atoms with Crippen LogP contribution in [0.2, 0.25) is 0 Å². The topological polar surface area (TPSA) is 86.2 Å². The van der Waals surface area contributed by atoms with Crippen LogP contribution < -0.4 is 14.8 Å². The number of hydrogen-bond acceptors (Lipinski definition) is 6. The average Bonchev–Trinajstić information content (AvgIpc) is 3.10. The summed E-state index contributed by atoms with van der Waals surface area (Å²) < 4.78 is 23.0. The molecule has 0 spiro atoms. The largest absolute Gasteiger partial charge is 0.497 e. The molecule has 1 unspecified atom stereocenters. The van der Waals surface area contributed by atoms with Crippen LogP contribution >= 0.6 is 0 Å². The summed E-state index contributed by atoms with van der Waals surface area (Å²) in [6, 6.07) is 42.3. The molecule has 0 aliphatic heterocycles. The number of carbonyl (C=O) groups excluding carboxylic acids is 1. The number of ether oxygens (including phenoxy) is 4. The Morgan fingerprint density at radius 3 is 1.73 bits per heavy atom. The Kier molecular flexibility index (Phi) is 10.5. The maximum Gasteiger partial charge on any atom is 0.411 e. The third kappa shape index (κ3) is 7.70. The number of nitrogens with one attached hydrogen (secondary N) is 1. The molecule has 0 aliphatic rings. The van der Waals surface area contributed by atoms with Crippen molar-refractivity contribution in [1.82, 2.24) is 0 Å². The van der Waals surface area contributed by atoms with Gasteiger partial charge in [-0.15, -0.1) is 0 Å². The molecule has 0 aliphatic carbocycles. The summed E-state index contributed by atoms with van der Waals surface area (Å²) in [7, 11) is 3.28. The van der Waals surface area contributed by atoms with Crippen LogP contribution in [0.15, 0.2) is 133 Å². The lowest BCUT2D eigenvalue weighted by Gasteiger charge is -2.36. The van der Waals surface area contributed by atoms with Gasteiger partial charge in [-0.3, -0.25) is 5.32 Å². The molecule has 5 aromatic carbocycles. The minimum absolute atomic E-state index is 0.182. The Balaban J connectivity index is 1.31. The number of anilines is 1. The van der Waals surface area contributed by atoms with Crippen molar-refractivity contribution in [2.45, 2.75) is 24.7 Å². The lowest BCUT2D eigenvalue weighted by molar-refractivity contribution is -0.00570. The maximum atomic E-state index is 12.2. The lowest BCUT2D eigenvalue weighted by Crippen LogP contribution is -2.33. The van der Waals surface area contributed by atoms with Crippen LogP contribution in [0.25, 0.3) is 0 Å². The van der Waals surface area contributed by atoms with Gasteiger partial charge >= 0.3 is 6.09 Å². The number of carbonyl (C=O) groups is 1. The second-order valence-electron chi connectivity index (χ2n) is 10.5. The van der Waals surface area contributed by atoms with Crippen molar-refractivity contribution in [3.8, 4) is 11.5 Å². The standard InChI is InChI=1S/C38H37NO6/c1-42-34-21-15-31(16-22-34)38(30-11-7-4-8-12-30,32-17-23-35(43-2)24-18-32)45-26-25-36(40)29-13-19-33(20-14-29)39-37(41)44-27-28-9-5-3-6-10-28/h3-24,36,40H,25-27H2,1-2H3,(H,39,41). The zero-order chi connectivity index (χ0) is 31.5. The Morgan fingerprint density at radius 1 is 0.689 bits per heavy atom. The minimum atomic E-state index is -0.965. The molecular formula is C38H37NO6. The minimum Gasteiger partial charge on any atom is -0.497 e. The van der Waals surface area contributed by atoms with Crippen LogP contribution in [-0.4, -0.2) is 32.0 Å². The SMILES string of the molecule is COc1ccc(C(OCCC(O)c2ccc(NC(=O)OCc3ccccc3)cc2)(c2ccccc2)c2ccc(OC)cc2)cc1. The highest BCUT2D eigenvalue weighted by atomic mass is 16.5. The third-order valence-corrected chi connectivity index (χ3v) is 7.64. The number of aliphatic hydroxyl groups is 1. The molecule has 230 valence electrons. The monoisotopic (exact) mass is 603 g/mol. The van der Waals surface area contributed by atoms with E-state index < -0.39 is 17.8 Å². The Hall–Kier alpha value is -5.11. The maximum absolute atomic E-state index is 12.2. The van der Waals surface area contributed by atoms with E-state index in [-0.39, 0.29) is 13.2 Å². The summed E-state index contributed by atoms with van der Waals surface area (Å²) in [5.41, 5.74) is 4.01. The summed E-state index contributed by atoms with van der Waals surface area (Å²) in [4.78, 5) is 12.2. The van der Waals surface area contributed by atoms with E-state index in [1.807, 2.05) is 109 Å². The quantitative estimate of drug-likeness (QED) is 0.133. The average molecular weight is 604 g/mol. The molecule has 0 fully saturated rings. The molecule has 0 radical (unpaired) electrons. The Labute approximate surface area is 264 Å². The van der Waals surface area contributed by atoms with Gasteiger partial charge in [-0.25, -0.2) is 4.79 Å². The van der Waals surface area contributed by atoms with E-state index in [9.17, 15) is 9.90 Å². The molecule has 5 rings (SSSR count). The molecule has 0 bridgehead atoms. The van der Waals surface area contributed by atoms with E-state index in [0.717, 1.165) is 33.8 Å². The summed E-state index contributed by atoms with van der Waals surface area (Å²) in [5, 5.41) is 13.9. The molecule has 2 N–H and O–H groups in total. The van der Waals surface area contributed by atoms with Gasteiger partial charge in [-0.05, 0) is 64.2 Å². The number of methoxy groups -OCH3 is 2. The summed E-state index contributed by atoms with van der Waals surface area (Å²) in [5.74, 6) is 1.49. The van der Waals surface area contributed by atoms with Gasteiger partial charge in [0.15, 0.2) is 0 Å². The molecule has 0 saturated carbocycles. The Morgan fingerprint density at radius 2 is 1.20 bits per heavy atom. The molecule has 7 nitrogen and oxygen atoms in total. The van der Waals surface area contributed by atoms with E-state index >= 15 is 0 Å². The third-order valence-electron chi connectivity index (χ3n) is 7.64. The summed E-state index contributed by atoms with van der Waals surface area (Å²) >= 11 is 0. The van der Waals surface area contributed by atoms with Gasteiger partial charge < -0.3 is 24.1 Å². The number of benzene rings is 5. The second kappa shape index (κ2) is 15.1. The lowest BCUT2D eigenvalue weighted by atomic mass is 9.80. The Bertz CT molecular complexity index is 1580. The van der Waals surface area contributed by atoms with Crippen molar-refractivity contribution in [2.24, 2.45) is 0 Å². The molecule has 0 heterocycles. The van der Waals surface area contributed by atoms with E-state index in [0.29, 0.717) is 17.7 Å².